The molecule has 1 atom stereocenters. The minimum Gasteiger partial charge on any atom is -0.325 e. The average molecular weight is 496 g/mol. The second kappa shape index (κ2) is 10.9. The molecule has 0 saturated carbocycles. The van der Waals surface area contributed by atoms with E-state index in [-0.39, 0.29) is 17.0 Å². The summed E-state index contributed by atoms with van der Waals surface area (Å²) in [4.78, 5) is 25.0. The third kappa shape index (κ3) is 6.86. The molecule has 2 aromatic carbocycles. The van der Waals surface area contributed by atoms with E-state index in [1.54, 1.807) is 12.1 Å². The van der Waals surface area contributed by atoms with Crippen molar-refractivity contribution in [2.24, 2.45) is 0 Å². The quantitative estimate of drug-likeness (QED) is 0.520. The number of anilines is 2. The normalized spacial score (nSPS) is 12.9. The lowest BCUT2D eigenvalue weighted by Crippen LogP contribution is -2.39. The first kappa shape index (κ1) is 26.5. The van der Waals surface area contributed by atoms with Crippen LogP contribution in [0.4, 0.5) is 11.4 Å². The van der Waals surface area contributed by atoms with Crippen LogP contribution in [0, 0.1) is 0 Å². The molecular formula is C22H29N3O6S2. The SMILES string of the molecule is CCc1ccc(NC(=O)CS(=O)(=O)C(CC)C(=O)Nc2ccc(S(=O)(=O)N(C)C)cc2)cc1. The number of hydrogen-bond acceptors (Lipinski definition) is 6. The Kier molecular flexibility index (Phi) is 8.76. The number of carbonyl (C=O) groups excluding carboxylic acids is 2. The molecule has 0 spiro atoms. The highest BCUT2D eigenvalue weighted by Gasteiger charge is 2.33. The van der Waals surface area contributed by atoms with Gasteiger partial charge in [-0.2, -0.15) is 0 Å². The van der Waals surface area contributed by atoms with E-state index >= 15 is 0 Å². The Morgan fingerprint density at radius 2 is 1.36 bits per heavy atom. The monoisotopic (exact) mass is 495 g/mol. The molecule has 2 N–H and O–H groups in total. The van der Waals surface area contributed by atoms with Gasteiger partial charge in [0.05, 0.1) is 4.90 Å². The molecule has 2 rings (SSSR count). The Hall–Kier alpha value is -2.76. The van der Waals surface area contributed by atoms with E-state index in [0.717, 1.165) is 16.3 Å². The van der Waals surface area contributed by atoms with Gasteiger partial charge in [0.15, 0.2) is 9.84 Å². The minimum atomic E-state index is -4.09. The van der Waals surface area contributed by atoms with Crippen LogP contribution in [0.3, 0.4) is 0 Å². The van der Waals surface area contributed by atoms with Crippen LogP contribution >= 0.6 is 0 Å². The molecule has 0 radical (unpaired) electrons. The zero-order valence-corrected chi connectivity index (χ0v) is 20.7. The Labute approximate surface area is 195 Å². The zero-order valence-electron chi connectivity index (χ0n) is 19.0. The summed E-state index contributed by atoms with van der Waals surface area (Å²) in [5.41, 5.74) is 1.79. The Morgan fingerprint density at radius 3 is 1.85 bits per heavy atom. The van der Waals surface area contributed by atoms with Crippen molar-refractivity contribution in [3.05, 3.63) is 54.1 Å². The molecular weight excluding hydrogens is 466 g/mol. The van der Waals surface area contributed by atoms with Gasteiger partial charge < -0.3 is 10.6 Å². The molecule has 11 heteroatoms. The van der Waals surface area contributed by atoms with E-state index in [1.165, 1.54) is 45.3 Å². The van der Waals surface area contributed by atoms with Gasteiger partial charge in [-0.3, -0.25) is 9.59 Å². The van der Waals surface area contributed by atoms with Crippen LogP contribution in [0.25, 0.3) is 0 Å². The maximum Gasteiger partial charge on any atom is 0.242 e. The van der Waals surface area contributed by atoms with E-state index in [0.29, 0.717) is 5.69 Å². The molecule has 9 nitrogen and oxygen atoms in total. The molecule has 0 heterocycles. The highest BCUT2D eigenvalue weighted by Crippen LogP contribution is 2.18. The van der Waals surface area contributed by atoms with E-state index in [4.69, 9.17) is 0 Å². The number of hydrogen-bond donors (Lipinski definition) is 2. The summed E-state index contributed by atoms with van der Waals surface area (Å²) in [6.45, 7) is 3.53. The highest BCUT2D eigenvalue weighted by molar-refractivity contribution is 7.93. The molecule has 2 aromatic rings. The predicted molar refractivity (Wildman–Crippen MR) is 128 cm³/mol. The Balaban J connectivity index is 2.07. The fourth-order valence-electron chi connectivity index (χ4n) is 3.05. The van der Waals surface area contributed by atoms with Gasteiger partial charge in [-0.15, -0.1) is 0 Å². The van der Waals surface area contributed by atoms with E-state index in [2.05, 4.69) is 10.6 Å². The number of sulfone groups is 1. The summed E-state index contributed by atoms with van der Waals surface area (Å²) in [5, 5.41) is 3.59. The fourth-order valence-corrected chi connectivity index (χ4v) is 5.48. The first-order valence-electron chi connectivity index (χ1n) is 10.3. The number of nitrogens with zero attached hydrogens (tertiary/aromatic N) is 1. The second-order valence-corrected chi connectivity index (χ2v) is 11.9. The number of nitrogens with one attached hydrogen (secondary N) is 2. The maximum atomic E-state index is 12.7. The zero-order chi connectivity index (χ0) is 24.8. The van der Waals surface area contributed by atoms with Crippen molar-refractivity contribution in [3.63, 3.8) is 0 Å². The van der Waals surface area contributed by atoms with Gasteiger partial charge in [0, 0.05) is 25.5 Å². The smallest absolute Gasteiger partial charge is 0.242 e. The molecule has 33 heavy (non-hydrogen) atoms. The fraction of sp³-hybridized carbons (Fsp3) is 0.364. The summed E-state index contributed by atoms with van der Waals surface area (Å²) in [5.74, 6) is -2.36. The summed E-state index contributed by atoms with van der Waals surface area (Å²) in [6.07, 6.45) is 0.809. The van der Waals surface area contributed by atoms with Crippen LogP contribution in [0.5, 0.6) is 0 Å². The lowest BCUT2D eigenvalue weighted by atomic mass is 10.1. The number of carbonyl (C=O) groups is 2. The molecule has 0 aliphatic rings. The molecule has 0 aliphatic carbocycles. The van der Waals surface area contributed by atoms with Crippen LogP contribution in [0.2, 0.25) is 0 Å². The lowest BCUT2D eigenvalue weighted by molar-refractivity contribution is -0.115. The molecule has 0 aromatic heterocycles. The van der Waals surface area contributed by atoms with Gasteiger partial charge in [-0.25, -0.2) is 21.1 Å². The molecule has 0 fully saturated rings. The molecule has 0 saturated heterocycles. The summed E-state index contributed by atoms with van der Waals surface area (Å²) < 4.78 is 50.8. The van der Waals surface area contributed by atoms with Crippen LogP contribution in [-0.4, -0.2) is 58.1 Å². The lowest BCUT2D eigenvalue weighted by Gasteiger charge is -2.16. The van der Waals surface area contributed by atoms with Gasteiger partial charge in [-0.1, -0.05) is 26.0 Å². The molecule has 2 amide bonds. The van der Waals surface area contributed by atoms with Gasteiger partial charge in [-0.05, 0) is 54.8 Å². The van der Waals surface area contributed by atoms with Gasteiger partial charge in [0.2, 0.25) is 21.8 Å². The largest absolute Gasteiger partial charge is 0.325 e. The molecule has 1 unspecified atom stereocenters. The standard InChI is InChI=1S/C22H29N3O6S2/c1-5-16-7-9-17(10-8-16)23-21(26)15-32(28,29)20(6-2)22(27)24-18-11-13-19(14-12-18)33(30,31)25(3)4/h7-14,20H,5-6,15H2,1-4H3,(H,23,26)(H,24,27). The Bertz CT molecular complexity index is 1190. The highest BCUT2D eigenvalue weighted by atomic mass is 32.2. The summed E-state index contributed by atoms with van der Waals surface area (Å²) in [6, 6.07) is 12.4. The van der Waals surface area contributed by atoms with Crippen molar-refractivity contribution in [1.82, 2.24) is 4.31 Å². The number of rotatable bonds is 10. The average Bonchev–Trinajstić information content (AvgIpc) is 2.74. The summed E-state index contributed by atoms with van der Waals surface area (Å²) in [7, 11) is -4.92. The predicted octanol–water partition coefficient (Wildman–Crippen LogP) is 2.27. The van der Waals surface area contributed by atoms with E-state index in [1.807, 2.05) is 19.1 Å². The third-order valence-corrected chi connectivity index (χ3v) is 8.88. The minimum absolute atomic E-state index is 0.0280. The number of sulfonamides is 1. The molecule has 0 aliphatic heterocycles. The first-order valence-corrected chi connectivity index (χ1v) is 13.5. The molecule has 0 bridgehead atoms. The van der Waals surface area contributed by atoms with Crippen molar-refractivity contribution < 1.29 is 26.4 Å². The topological polar surface area (TPSA) is 130 Å². The summed E-state index contributed by atoms with van der Waals surface area (Å²) >= 11 is 0. The van der Waals surface area contributed by atoms with Crippen molar-refractivity contribution >= 4 is 43.0 Å². The number of benzene rings is 2. The van der Waals surface area contributed by atoms with Crippen molar-refractivity contribution in [3.8, 4) is 0 Å². The van der Waals surface area contributed by atoms with Crippen LogP contribution < -0.4 is 10.6 Å². The first-order chi connectivity index (χ1) is 15.4. The van der Waals surface area contributed by atoms with Gasteiger partial charge in [0.1, 0.15) is 11.0 Å². The van der Waals surface area contributed by atoms with E-state index in [9.17, 15) is 26.4 Å². The van der Waals surface area contributed by atoms with Crippen LogP contribution in [0.15, 0.2) is 53.4 Å². The third-order valence-electron chi connectivity index (χ3n) is 4.98. The van der Waals surface area contributed by atoms with Crippen molar-refractivity contribution in [2.75, 3.05) is 30.5 Å². The van der Waals surface area contributed by atoms with Crippen LogP contribution in [-0.2, 0) is 35.9 Å². The number of amides is 2. The Morgan fingerprint density at radius 1 is 0.848 bits per heavy atom. The van der Waals surface area contributed by atoms with Crippen molar-refractivity contribution in [2.45, 2.75) is 36.8 Å². The van der Waals surface area contributed by atoms with Crippen molar-refractivity contribution in [1.29, 1.82) is 0 Å². The van der Waals surface area contributed by atoms with Gasteiger partial charge >= 0.3 is 0 Å². The number of aryl methyl sites for hydroxylation is 1. The van der Waals surface area contributed by atoms with E-state index < -0.39 is 42.7 Å². The molecule has 180 valence electrons. The van der Waals surface area contributed by atoms with Gasteiger partial charge in [0.25, 0.3) is 0 Å². The second-order valence-electron chi connectivity index (χ2n) is 7.60. The van der Waals surface area contributed by atoms with Crippen LogP contribution in [0.1, 0.15) is 25.8 Å². The maximum absolute atomic E-state index is 12.7.